The van der Waals surface area contributed by atoms with E-state index in [2.05, 4.69) is 0 Å². The van der Waals surface area contributed by atoms with Crippen molar-refractivity contribution in [1.29, 1.82) is 0 Å². The molecular weight excluding hydrogens is 262 g/mol. The zero-order valence-electron chi connectivity index (χ0n) is 11.2. The number of hydrogen-bond donors (Lipinski definition) is 1. The Morgan fingerprint density at radius 2 is 2.05 bits per heavy atom. The smallest absolute Gasteiger partial charge is 0.282 e. The van der Waals surface area contributed by atoms with Crippen LogP contribution in [-0.4, -0.2) is 42.7 Å². The Morgan fingerprint density at radius 3 is 2.58 bits per heavy atom. The first-order valence-corrected chi connectivity index (χ1v) is 7.98. The van der Waals surface area contributed by atoms with E-state index in [0.717, 1.165) is 12.0 Å². The van der Waals surface area contributed by atoms with Gasteiger partial charge >= 0.3 is 0 Å². The summed E-state index contributed by atoms with van der Waals surface area (Å²) in [6.07, 6.45) is 0.738. The predicted octanol–water partition coefficient (Wildman–Crippen LogP) is 0.786. The van der Waals surface area contributed by atoms with Crippen molar-refractivity contribution in [2.45, 2.75) is 25.9 Å². The van der Waals surface area contributed by atoms with Gasteiger partial charge in [-0.1, -0.05) is 37.3 Å². The number of hydrogen-bond acceptors (Lipinski definition) is 3. The average Bonchev–Trinajstić information content (AvgIpc) is 2.84. The summed E-state index contributed by atoms with van der Waals surface area (Å²) in [4.78, 5) is 0. The van der Waals surface area contributed by atoms with E-state index in [4.69, 9.17) is 5.73 Å². The van der Waals surface area contributed by atoms with Gasteiger partial charge in [-0.3, -0.25) is 0 Å². The molecule has 0 spiro atoms. The van der Waals surface area contributed by atoms with Crippen molar-refractivity contribution in [3.63, 3.8) is 0 Å². The SMILES string of the molecule is CCN(Cc1ccccc1)S(=O)(=O)N1CC[C@@H](N)C1. The molecule has 5 nitrogen and oxygen atoms in total. The highest BCUT2D eigenvalue weighted by molar-refractivity contribution is 7.86. The van der Waals surface area contributed by atoms with Gasteiger partial charge in [-0.15, -0.1) is 0 Å². The molecule has 0 aromatic heterocycles. The summed E-state index contributed by atoms with van der Waals surface area (Å²) in [5.74, 6) is 0. The summed E-state index contributed by atoms with van der Waals surface area (Å²) < 4.78 is 28.0. The van der Waals surface area contributed by atoms with Gasteiger partial charge in [0.05, 0.1) is 0 Å². The summed E-state index contributed by atoms with van der Waals surface area (Å²) >= 11 is 0. The summed E-state index contributed by atoms with van der Waals surface area (Å²) in [7, 11) is -3.40. The Labute approximate surface area is 115 Å². The minimum absolute atomic E-state index is 0.0368. The van der Waals surface area contributed by atoms with Crippen molar-refractivity contribution in [1.82, 2.24) is 8.61 Å². The van der Waals surface area contributed by atoms with Gasteiger partial charge in [0.15, 0.2) is 0 Å². The van der Waals surface area contributed by atoms with Gasteiger partial charge in [-0.05, 0) is 12.0 Å². The van der Waals surface area contributed by atoms with Crippen molar-refractivity contribution in [3.05, 3.63) is 35.9 Å². The number of nitrogens with zero attached hydrogens (tertiary/aromatic N) is 2. The van der Waals surface area contributed by atoms with Gasteiger partial charge in [0.2, 0.25) is 0 Å². The van der Waals surface area contributed by atoms with Gasteiger partial charge in [-0.25, -0.2) is 0 Å². The van der Waals surface area contributed by atoms with Crippen LogP contribution in [0.25, 0.3) is 0 Å². The largest absolute Gasteiger partial charge is 0.326 e. The van der Waals surface area contributed by atoms with E-state index in [1.54, 1.807) is 0 Å². The third-order valence-corrected chi connectivity index (χ3v) is 5.42. The molecule has 0 radical (unpaired) electrons. The van der Waals surface area contributed by atoms with E-state index in [1.165, 1.54) is 8.61 Å². The highest BCUT2D eigenvalue weighted by atomic mass is 32.2. The van der Waals surface area contributed by atoms with Crippen LogP contribution in [0.3, 0.4) is 0 Å². The fourth-order valence-corrected chi connectivity index (χ4v) is 3.95. The van der Waals surface area contributed by atoms with Crippen molar-refractivity contribution in [2.75, 3.05) is 19.6 Å². The van der Waals surface area contributed by atoms with Gasteiger partial charge in [0, 0.05) is 32.2 Å². The minimum atomic E-state index is -3.40. The monoisotopic (exact) mass is 283 g/mol. The third-order valence-electron chi connectivity index (χ3n) is 3.39. The molecule has 1 aromatic carbocycles. The average molecular weight is 283 g/mol. The maximum Gasteiger partial charge on any atom is 0.282 e. The molecule has 0 aliphatic carbocycles. The van der Waals surface area contributed by atoms with E-state index in [-0.39, 0.29) is 6.04 Å². The zero-order valence-corrected chi connectivity index (χ0v) is 12.0. The van der Waals surface area contributed by atoms with Gasteiger partial charge in [-0.2, -0.15) is 17.0 Å². The minimum Gasteiger partial charge on any atom is -0.326 e. The van der Waals surface area contributed by atoms with Crippen LogP contribution in [0.1, 0.15) is 18.9 Å². The molecule has 1 aromatic rings. The summed E-state index contributed by atoms with van der Waals surface area (Å²) in [5, 5.41) is 0. The molecular formula is C13H21N3O2S. The Balaban J connectivity index is 2.12. The van der Waals surface area contributed by atoms with Crippen molar-refractivity contribution < 1.29 is 8.42 Å². The molecule has 6 heteroatoms. The van der Waals surface area contributed by atoms with E-state index in [1.807, 2.05) is 37.3 Å². The van der Waals surface area contributed by atoms with E-state index in [0.29, 0.717) is 26.2 Å². The molecule has 2 N–H and O–H groups in total. The van der Waals surface area contributed by atoms with Crippen molar-refractivity contribution >= 4 is 10.2 Å². The lowest BCUT2D eigenvalue weighted by Gasteiger charge is -2.26. The Hall–Kier alpha value is -0.950. The Kier molecular flexibility index (Phi) is 4.57. The maximum absolute atomic E-state index is 12.5. The molecule has 1 saturated heterocycles. The summed E-state index contributed by atoms with van der Waals surface area (Å²) in [6, 6.07) is 9.60. The van der Waals surface area contributed by atoms with Crippen LogP contribution in [0.5, 0.6) is 0 Å². The Morgan fingerprint density at radius 1 is 1.37 bits per heavy atom. The molecule has 19 heavy (non-hydrogen) atoms. The molecule has 1 aliphatic rings. The van der Waals surface area contributed by atoms with Gasteiger partial charge in [0.1, 0.15) is 0 Å². The number of rotatable bonds is 5. The maximum atomic E-state index is 12.5. The zero-order chi connectivity index (χ0) is 13.9. The molecule has 1 atom stereocenters. The first-order chi connectivity index (χ1) is 9.04. The normalized spacial score (nSPS) is 21.1. The highest BCUT2D eigenvalue weighted by Gasteiger charge is 2.33. The molecule has 2 rings (SSSR count). The topological polar surface area (TPSA) is 66.6 Å². The summed E-state index contributed by atoms with van der Waals surface area (Å²) in [6.45, 7) is 3.67. The van der Waals surface area contributed by atoms with Crippen LogP contribution in [0.15, 0.2) is 30.3 Å². The first kappa shape index (κ1) is 14.5. The molecule has 1 fully saturated rings. The van der Waals surface area contributed by atoms with E-state index < -0.39 is 10.2 Å². The van der Waals surface area contributed by atoms with E-state index >= 15 is 0 Å². The standard InChI is InChI=1S/C13H21N3O2S/c1-2-15(10-12-6-4-3-5-7-12)19(17,18)16-9-8-13(14)11-16/h3-7,13H,2,8-11,14H2,1H3/t13-/m1/s1. The van der Waals surface area contributed by atoms with Gasteiger partial charge in [0.25, 0.3) is 10.2 Å². The second-order valence-electron chi connectivity index (χ2n) is 4.83. The van der Waals surface area contributed by atoms with Crippen LogP contribution in [0, 0.1) is 0 Å². The summed E-state index contributed by atoms with van der Waals surface area (Å²) in [5.41, 5.74) is 6.79. The van der Waals surface area contributed by atoms with Crippen LogP contribution in [-0.2, 0) is 16.8 Å². The number of nitrogens with two attached hydrogens (primary N) is 1. The molecule has 1 aliphatic heterocycles. The van der Waals surface area contributed by atoms with Gasteiger partial charge < -0.3 is 5.73 Å². The molecule has 1 heterocycles. The third kappa shape index (κ3) is 3.33. The van der Waals surface area contributed by atoms with Crippen LogP contribution < -0.4 is 5.73 Å². The van der Waals surface area contributed by atoms with E-state index in [9.17, 15) is 8.42 Å². The van der Waals surface area contributed by atoms with Crippen molar-refractivity contribution in [2.24, 2.45) is 5.73 Å². The van der Waals surface area contributed by atoms with Crippen molar-refractivity contribution in [3.8, 4) is 0 Å². The fraction of sp³-hybridized carbons (Fsp3) is 0.538. The first-order valence-electron chi connectivity index (χ1n) is 6.58. The number of benzene rings is 1. The predicted molar refractivity (Wildman–Crippen MR) is 75.6 cm³/mol. The lowest BCUT2D eigenvalue weighted by Crippen LogP contribution is -2.43. The lowest BCUT2D eigenvalue weighted by atomic mass is 10.2. The molecule has 0 amide bonds. The Bertz CT molecular complexity index is 504. The van der Waals surface area contributed by atoms with Crippen LogP contribution in [0.4, 0.5) is 0 Å². The molecule has 0 saturated carbocycles. The molecule has 0 bridgehead atoms. The second kappa shape index (κ2) is 6.00. The quantitative estimate of drug-likeness (QED) is 0.868. The second-order valence-corrected chi connectivity index (χ2v) is 6.75. The highest BCUT2D eigenvalue weighted by Crippen LogP contribution is 2.18. The molecule has 106 valence electrons. The lowest BCUT2D eigenvalue weighted by molar-refractivity contribution is 0.364. The van der Waals surface area contributed by atoms with Crippen LogP contribution in [0.2, 0.25) is 0 Å². The fourth-order valence-electron chi connectivity index (χ4n) is 2.27. The van der Waals surface area contributed by atoms with Crippen LogP contribution >= 0.6 is 0 Å². The molecule has 0 unspecified atom stereocenters.